The zero-order valence-electron chi connectivity index (χ0n) is 9.47. The van der Waals surface area contributed by atoms with Crippen LogP contribution in [0.1, 0.15) is 11.3 Å². The van der Waals surface area contributed by atoms with Gasteiger partial charge >= 0.3 is 0 Å². The lowest BCUT2D eigenvalue weighted by Gasteiger charge is -2.01. The Kier molecular flexibility index (Phi) is 4.51. The Bertz CT molecular complexity index is 545. The van der Waals surface area contributed by atoms with Crippen LogP contribution in [-0.2, 0) is 27.7 Å². The van der Waals surface area contributed by atoms with E-state index in [0.717, 1.165) is 6.26 Å². The summed E-state index contributed by atoms with van der Waals surface area (Å²) in [6, 6.07) is 1.92. The summed E-state index contributed by atoms with van der Waals surface area (Å²) in [6.45, 7) is 0.282. The fraction of sp³-hybridized carbons (Fsp3) is 0.556. The lowest BCUT2D eigenvalue weighted by atomic mass is 10.3. The minimum absolute atomic E-state index is 0.0777. The van der Waals surface area contributed by atoms with Gasteiger partial charge in [-0.05, 0) is 0 Å². The maximum Gasteiger partial charge on any atom is 0.149 e. The second-order valence-corrected chi connectivity index (χ2v) is 6.13. The summed E-state index contributed by atoms with van der Waals surface area (Å²) < 4.78 is 28.2. The molecule has 0 unspecified atom stereocenters. The van der Waals surface area contributed by atoms with Crippen LogP contribution in [0.2, 0.25) is 5.15 Å². The van der Waals surface area contributed by atoms with E-state index in [4.69, 9.17) is 21.6 Å². The van der Waals surface area contributed by atoms with Crippen molar-refractivity contribution in [1.82, 2.24) is 9.78 Å². The van der Waals surface area contributed by atoms with E-state index in [2.05, 4.69) is 5.10 Å². The van der Waals surface area contributed by atoms with Gasteiger partial charge in [-0.15, -0.1) is 0 Å². The van der Waals surface area contributed by atoms with E-state index >= 15 is 0 Å². The summed E-state index contributed by atoms with van der Waals surface area (Å²) in [5, 5.41) is 13.1. The number of ether oxygens (including phenoxy) is 1. The molecule has 0 N–H and O–H groups in total. The van der Waals surface area contributed by atoms with E-state index in [-0.39, 0.29) is 29.6 Å². The molecule has 1 rings (SSSR count). The van der Waals surface area contributed by atoms with Crippen LogP contribution in [-0.4, -0.2) is 37.3 Å². The van der Waals surface area contributed by atoms with Crippen molar-refractivity contribution in [3.05, 3.63) is 16.4 Å². The van der Waals surface area contributed by atoms with Gasteiger partial charge in [0.2, 0.25) is 0 Å². The first-order valence-electron chi connectivity index (χ1n) is 4.71. The summed E-state index contributed by atoms with van der Waals surface area (Å²) >= 11 is 5.92. The van der Waals surface area contributed by atoms with Gasteiger partial charge in [0.25, 0.3) is 0 Å². The number of nitrogens with zero attached hydrogens (tertiary/aromatic N) is 3. The van der Waals surface area contributed by atoms with Gasteiger partial charge in [0, 0.05) is 13.4 Å². The molecule has 17 heavy (non-hydrogen) atoms. The molecule has 1 heterocycles. The second-order valence-electron chi connectivity index (χ2n) is 3.51. The smallest absolute Gasteiger partial charge is 0.149 e. The normalized spacial score (nSPS) is 11.4. The van der Waals surface area contributed by atoms with Gasteiger partial charge in [-0.2, -0.15) is 10.4 Å². The van der Waals surface area contributed by atoms with Gasteiger partial charge in [-0.25, -0.2) is 8.42 Å². The van der Waals surface area contributed by atoms with Crippen LogP contribution in [0.3, 0.4) is 0 Å². The van der Waals surface area contributed by atoms with Gasteiger partial charge in [0.15, 0.2) is 0 Å². The zero-order chi connectivity index (χ0) is 13.1. The third kappa shape index (κ3) is 3.70. The molecule has 94 valence electrons. The Morgan fingerprint density at radius 1 is 1.59 bits per heavy atom. The molecule has 0 saturated heterocycles. The van der Waals surface area contributed by atoms with Crippen LogP contribution in [0.25, 0.3) is 0 Å². The minimum atomic E-state index is -3.10. The minimum Gasteiger partial charge on any atom is -0.378 e. The third-order valence-electron chi connectivity index (χ3n) is 2.03. The number of sulfone groups is 1. The van der Waals surface area contributed by atoms with Crippen molar-refractivity contribution in [2.45, 2.75) is 13.2 Å². The van der Waals surface area contributed by atoms with E-state index < -0.39 is 9.84 Å². The zero-order valence-corrected chi connectivity index (χ0v) is 11.0. The highest BCUT2D eigenvalue weighted by Crippen LogP contribution is 2.19. The molecular formula is C9H12ClN3O3S. The number of rotatable bonds is 5. The molecule has 0 aliphatic rings. The highest BCUT2D eigenvalue weighted by molar-refractivity contribution is 7.90. The molecule has 0 fully saturated rings. The van der Waals surface area contributed by atoms with Crippen LogP contribution in [0.5, 0.6) is 0 Å². The standard InChI is InChI=1S/C9H12ClN3O3S/c1-16-6-8-7(5-11)9(10)13(12-8)3-4-17(2,14)15/h3-4,6H2,1-2H3. The van der Waals surface area contributed by atoms with Gasteiger partial charge in [-0.1, -0.05) is 11.6 Å². The molecule has 0 aromatic carbocycles. The Hall–Kier alpha value is -1.10. The predicted molar refractivity (Wildman–Crippen MR) is 62.4 cm³/mol. The lowest BCUT2D eigenvalue weighted by molar-refractivity contribution is 0.180. The van der Waals surface area contributed by atoms with E-state index in [1.165, 1.54) is 11.8 Å². The summed E-state index contributed by atoms with van der Waals surface area (Å²) in [6.07, 6.45) is 1.13. The molecule has 1 aromatic rings. The molecule has 0 bridgehead atoms. The van der Waals surface area contributed by atoms with Crippen molar-refractivity contribution >= 4 is 21.4 Å². The highest BCUT2D eigenvalue weighted by Gasteiger charge is 2.16. The summed E-state index contributed by atoms with van der Waals surface area (Å²) in [5.41, 5.74) is 0.635. The van der Waals surface area contributed by atoms with Crippen molar-refractivity contribution in [3.8, 4) is 6.07 Å². The maximum absolute atomic E-state index is 11.0. The Labute approximate surface area is 105 Å². The van der Waals surface area contributed by atoms with Crippen molar-refractivity contribution in [2.75, 3.05) is 19.1 Å². The van der Waals surface area contributed by atoms with Crippen LogP contribution >= 0.6 is 11.6 Å². The number of methoxy groups -OCH3 is 1. The molecule has 0 aliphatic carbocycles. The highest BCUT2D eigenvalue weighted by atomic mass is 35.5. The average molecular weight is 278 g/mol. The largest absolute Gasteiger partial charge is 0.378 e. The van der Waals surface area contributed by atoms with E-state index in [1.54, 1.807) is 0 Å². The van der Waals surface area contributed by atoms with Crippen molar-refractivity contribution in [3.63, 3.8) is 0 Å². The third-order valence-corrected chi connectivity index (χ3v) is 3.34. The fourth-order valence-corrected chi connectivity index (χ4v) is 2.01. The van der Waals surface area contributed by atoms with Crippen LogP contribution in [0.15, 0.2) is 0 Å². The molecule has 1 aromatic heterocycles. The van der Waals surface area contributed by atoms with Gasteiger partial charge in [0.05, 0.1) is 18.9 Å². The van der Waals surface area contributed by atoms with E-state index in [1.807, 2.05) is 6.07 Å². The van der Waals surface area contributed by atoms with Crippen molar-refractivity contribution < 1.29 is 13.2 Å². The van der Waals surface area contributed by atoms with Gasteiger partial charge in [0.1, 0.15) is 32.3 Å². The Morgan fingerprint density at radius 2 is 2.24 bits per heavy atom. The molecule has 0 amide bonds. The molecule has 6 nitrogen and oxygen atoms in total. The summed E-state index contributed by atoms with van der Waals surface area (Å²) in [4.78, 5) is 0. The van der Waals surface area contributed by atoms with Gasteiger partial charge in [-0.3, -0.25) is 4.68 Å². The maximum atomic E-state index is 11.0. The molecule has 8 heteroatoms. The number of hydrogen-bond donors (Lipinski definition) is 0. The number of nitriles is 1. The number of aryl methyl sites for hydroxylation is 1. The van der Waals surface area contributed by atoms with E-state index in [9.17, 15) is 8.42 Å². The van der Waals surface area contributed by atoms with Gasteiger partial charge < -0.3 is 4.74 Å². The van der Waals surface area contributed by atoms with Crippen molar-refractivity contribution in [1.29, 1.82) is 5.26 Å². The first kappa shape index (κ1) is 14.0. The van der Waals surface area contributed by atoms with Crippen LogP contribution < -0.4 is 0 Å². The Balaban J connectivity index is 2.98. The number of hydrogen-bond acceptors (Lipinski definition) is 5. The topological polar surface area (TPSA) is 85.0 Å². The number of aromatic nitrogens is 2. The fourth-order valence-electron chi connectivity index (χ4n) is 1.24. The first-order valence-corrected chi connectivity index (χ1v) is 7.15. The average Bonchev–Trinajstić information content (AvgIpc) is 2.51. The van der Waals surface area contributed by atoms with Crippen LogP contribution in [0.4, 0.5) is 0 Å². The summed E-state index contributed by atoms with van der Waals surface area (Å²) in [7, 11) is -1.62. The molecule has 0 atom stereocenters. The molecule has 0 saturated carbocycles. The number of halogens is 1. The molecule has 0 spiro atoms. The molecule has 0 aliphatic heterocycles. The molecular weight excluding hydrogens is 266 g/mol. The Morgan fingerprint density at radius 3 is 2.71 bits per heavy atom. The summed E-state index contributed by atoms with van der Waals surface area (Å²) in [5.74, 6) is -0.0777. The second kappa shape index (κ2) is 5.49. The monoisotopic (exact) mass is 277 g/mol. The predicted octanol–water partition coefficient (Wildman–Crippen LogP) is 0.599. The quantitative estimate of drug-likeness (QED) is 0.787. The molecule has 0 radical (unpaired) electrons. The first-order chi connectivity index (χ1) is 7.89. The van der Waals surface area contributed by atoms with Crippen LogP contribution in [0, 0.1) is 11.3 Å². The van der Waals surface area contributed by atoms with Crippen molar-refractivity contribution in [2.24, 2.45) is 0 Å². The van der Waals surface area contributed by atoms with E-state index in [0.29, 0.717) is 5.69 Å². The lowest BCUT2D eigenvalue weighted by Crippen LogP contribution is -2.12. The SMILES string of the molecule is COCc1nn(CCS(C)(=O)=O)c(Cl)c1C#N.